The van der Waals surface area contributed by atoms with Crippen LogP contribution in [-0.4, -0.2) is 17.1 Å². The van der Waals surface area contributed by atoms with Crippen molar-refractivity contribution < 1.29 is 4.74 Å². The van der Waals surface area contributed by atoms with E-state index in [2.05, 4.69) is 25.9 Å². The van der Waals surface area contributed by atoms with E-state index in [0.717, 1.165) is 17.0 Å². The summed E-state index contributed by atoms with van der Waals surface area (Å²) < 4.78 is 5.64. The van der Waals surface area contributed by atoms with Crippen LogP contribution >= 0.6 is 15.9 Å². The number of nitrogens with zero attached hydrogens (tertiary/aromatic N) is 1. The highest BCUT2D eigenvalue weighted by Gasteiger charge is 2.12. The number of aromatic amines is 1. The van der Waals surface area contributed by atoms with Crippen molar-refractivity contribution in [3.8, 4) is 5.75 Å². The predicted molar refractivity (Wildman–Crippen MR) is 82.4 cm³/mol. The van der Waals surface area contributed by atoms with Crippen molar-refractivity contribution in [3.05, 3.63) is 56.2 Å². The van der Waals surface area contributed by atoms with Crippen LogP contribution in [0.3, 0.4) is 0 Å². The highest BCUT2D eigenvalue weighted by atomic mass is 79.9. The van der Waals surface area contributed by atoms with Gasteiger partial charge in [-0.05, 0) is 39.5 Å². The molecule has 0 fully saturated rings. The van der Waals surface area contributed by atoms with E-state index in [0.29, 0.717) is 16.7 Å². The Kier molecular flexibility index (Phi) is 4.60. The zero-order valence-corrected chi connectivity index (χ0v) is 13.3. The van der Waals surface area contributed by atoms with Gasteiger partial charge in [-0.2, -0.15) is 0 Å². The summed E-state index contributed by atoms with van der Waals surface area (Å²) in [6.07, 6.45) is 0.590. The van der Waals surface area contributed by atoms with E-state index in [1.165, 1.54) is 0 Å². The molecule has 20 heavy (non-hydrogen) atoms. The number of H-pyrrole nitrogens is 1. The molecule has 1 aromatic carbocycles. The molecule has 106 valence electrons. The Labute approximate surface area is 126 Å². The molecule has 2 aromatic rings. The number of halogens is 1. The van der Waals surface area contributed by atoms with Crippen molar-refractivity contribution in [2.24, 2.45) is 0 Å². The van der Waals surface area contributed by atoms with Gasteiger partial charge in [0.1, 0.15) is 16.0 Å². The van der Waals surface area contributed by atoms with Gasteiger partial charge in [0.2, 0.25) is 0 Å². The highest BCUT2D eigenvalue weighted by Crippen LogP contribution is 2.20. The first kappa shape index (κ1) is 14.8. The fraction of sp³-hybridized carbons (Fsp3) is 0.333. The van der Waals surface area contributed by atoms with Gasteiger partial charge in [0.05, 0.1) is 12.8 Å². The standard InChI is InChI=1S/C15H17BrN2O2/c1-9(2)14-13(16)15(19)18-12(17-14)8-10-4-6-11(20-3)7-5-10/h4-7,9H,8H2,1-3H3,(H,17,18,19). The summed E-state index contributed by atoms with van der Waals surface area (Å²) in [5.74, 6) is 1.68. The third-order valence-corrected chi connectivity index (χ3v) is 3.78. The van der Waals surface area contributed by atoms with Gasteiger partial charge in [-0.15, -0.1) is 0 Å². The quantitative estimate of drug-likeness (QED) is 0.932. The van der Waals surface area contributed by atoms with E-state index in [1.54, 1.807) is 7.11 Å². The Morgan fingerprint density at radius 3 is 2.50 bits per heavy atom. The second-order valence-corrected chi connectivity index (χ2v) is 5.68. The molecule has 0 aliphatic rings. The summed E-state index contributed by atoms with van der Waals surface area (Å²) in [5.41, 5.74) is 1.73. The molecule has 4 nitrogen and oxygen atoms in total. The van der Waals surface area contributed by atoms with E-state index in [9.17, 15) is 4.79 Å². The minimum Gasteiger partial charge on any atom is -0.497 e. The first-order valence-corrected chi connectivity index (χ1v) is 7.22. The molecule has 0 atom stereocenters. The van der Waals surface area contributed by atoms with Gasteiger partial charge in [-0.25, -0.2) is 4.98 Å². The minimum absolute atomic E-state index is 0.132. The molecule has 0 saturated heterocycles. The number of ether oxygens (including phenoxy) is 1. The van der Waals surface area contributed by atoms with Crippen molar-refractivity contribution in [3.63, 3.8) is 0 Å². The minimum atomic E-state index is -0.132. The largest absolute Gasteiger partial charge is 0.497 e. The number of rotatable bonds is 4. The lowest BCUT2D eigenvalue weighted by Gasteiger charge is -2.09. The predicted octanol–water partition coefficient (Wildman–Crippen LogP) is 3.26. The van der Waals surface area contributed by atoms with Crippen LogP contribution in [-0.2, 0) is 6.42 Å². The Bertz CT molecular complexity index is 648. The highest BCUT2D eigenvalue weighted by molar-refractivity contribution is 9.10. The molecular formula is C15H17BrN2O2. The van der Waals surface area contributed by atoms with Crippen molar-refractivity contribution >= 4 is 15.9 Å². The SMILES string of the molecule is COc1ccc(Cc2nc(C(C)C)c(Br)c(=O)[nH]2)cc1. The summed E-state index contributed by atoms with van der Waals surface area (Å²) >= 11 is 3.30. The second kappa shape index (κ2) is 6.22. The van der Waals surface area contributed by atoms with Crippen LogP contribution in [0.1, 0.15) is 36.8 Å². The van der Waals surface area contributed by atoms with E-state index in [1.807, 2.05) is 38.1 Å². The van der Waals surface area contributed by atoms with Crippen molar-refractivity contribution in [1.29, 1.82) is 0 Å². The van der Waals surface area contributed by atoms with Gasteiger partial charge in [0, 0.05) is 6.42 Å². The number of nitrogens with one attached hydrogen (secondary N) is 1. The Hall–Kier alpha value is -1.62. The van der Waals surface area contributed by atoms with Gasteiger partial charge in [0.15, 0.2) is 0 Å². The molecule has 0 bridgehead atoms. The van der Waals surface area contributed by atoms with Gasteiger partial charge in [-0.3, -0.25) is 4.79 Å². The van der Waals surface area contributed by atoms with Gasteiger partial charge in [0.25, 0.3) is 5.56 Å². The molecule has 0 radical (unpaired) electrons. The molecule has 1 heterocycles. The number of aromatic nitrogens is 2. The summed E-state index contributed by atoms with van der Waals surface area (Å²) in [7, 11) is 1.64. The Morgan fingerprint density at radius 2 is 1.95 bits per heavy atom. The zero-order valence-electron chi connectivity index (χ0n) is 11.7. The van der Waals surface area contributed by atoms with Gasteiger partial charge in [-0.1, -0.05) is 26.0 Å². The van der Waals surface area contributed by atoms with E-state index >= 15 is 0 Å². The number of hydrogen-bond donors (Lipinski definition) is 1. The van der Waals surface area contributed by atoms with E-state index < -0.39 is 0 Å². The molecule has 0 aliphatic heterocycles. The third-order valence-electron chi connectivity index (χ3n) is 3.01. The first-order chi connectivity index (χ1) is 9.51. The lowest BCUT2D eigenvalue weighted by Crippen LogP contribution is -2.16. The number of benzene rings is 1. The van der Waals surface area contributed by atoms with E-state index in [-0.39, 0.29) is 11.5 Å². The molecule has 1 aromatic heterocycles. The second-order valence-electron chi connectivity index (χ2n) is 4.89. The van der Waals surface area contributed by atoms with Crippen molar-refractivity contribution in [1.82, 2.24) is 9.97 Å². The maximum atomic E-state index is 11.9. The Balaban J connectivity index is 2.31. The van der Waals surface area contributed by atoms with Crippen LogP contribution < -0.4 is 10.3 Å². The number of methoxy groups -OCH3 is 1. The maximum Gasteiger partial charge on any atom is 0.265 e. The lowest BCUT2D eigenvalue weighted by atomic mass is 10.1. The van der Waals surface area contributed by atoms with Crippen LogP contribution in [0.25, 0.3) is 0 Å². The zero-order chi connectivity index (χ0) is 14.7. The molecule has 0 amide bonds. The third kappa shape index (κ3) is 3.28. The average Bonchev–Trinajstić information content (AvgIpc) is 2.43. The molecule has 0 spiro atoms. The van der Waals surface area contributed by atoms with Gasteiger partial charge >= 0.3 is 0 Å². The maximum absolute atomic E-state index is 11.9. The molecule has 0 saturated carbocycles. The van der Waals surface area contributed by atoms with Crippen molar-refractivity contribution in [2.75, 3.05) is 7.11 Å². The lowest BCUT2D eigenvalue weighted by molar-refractivity contribution is 0.414. The normalized spacial score (nSPS) is 10.8. The van der Waals surface area contributed by atoms with Crippen molar-refractivity contribution in [2.45, 2.75) is 26.2 Å². The fourth-order valence-electron chi connectivity index (χ4n) is 1.93. The molecule has 0 unspecified atom stereocenters. The van der Waals surface area contributed by atoms with Gasteiger partial charge < -0.3 is 9.72 Å². The molecule has 5 heteroatoms. The smallest absolute Gasteiger partial charge is 0.265 e. The van der Waals surface area contributed by atoms with Crippen LogP contribution in [0, 0.1) is 0 Å². The first-order valence-electron chi connectivity index (χ1n) is 6.42. The summed E-state index contributed by atoms with van der Waals surface area (Å²) in [6, 6.07) is 7.73. The molecule has 2 rings (SSSR count). The molecule has 0 aliphatic carbocycles. The number of hydrogen-bond acceptors (Lipinski definition) is 3. The fourth-order valence-corrected chi connectivity index (χ4v) is 2.57. The molecule has 1 N–H and O–H groups in total. The monoisotopic (exact) mass is 336 g/mol. The van der Waals surface area contributed by atoms with Crippen LogP contribution in [0.15, 0.2) is 33.5 Å². The Morgan fingerprint density at radius 1 is 1.30 bits per heavy atom. The summed E-state index contributed by atoms with van der Waals surface area (Å²) in [5, 5.41) is 0. The molecular weight excluding hydrogens is 320 g/mol. The summed E-state index contributed by atoms with van der Waals surface area (Å²) in [4.78, 5) is 19.2. The topological polar surface area (TPSA) is 55.0 Å². The summed E-state index contributed by atoms with van der Waals surface area (Å²) in [6.45, 7) is 4.04. The van der Waals surface area contributed by atoms with Crippen LogP contribution in [0.5, 0.6) is 5.75 Å². The van der Waals surface area contributed by atoms with Crippen LogP contribution in [0.2, 0.25) is 0 Å². The van der Waals surface area contributed by atoms with Crippen LogP contribution in [0.4, 0.5) is 0 Å². The average molecular weight is 337 g/mol. The van der Waals surface area contributed by atoms with E-state index in [4.69, 9.17) is 4.74 Å².